The molecule has 148 valence electrons. The van der Waals surface area contributed by atoms with Crippen LogP contribution < -0.4 is 14.8 Å². The normalized spacial score (nSPS) is 11.5. The second-order valence-corrected chi connectivity index (χ2v) is 7.08. The zero-order valence-corrected chi connectivity index (χ0v) is 16.4. The van der Waals surface area contributed by atoms with Gasteiger partial charge in [-0.2, -0.15) is 0 Å². The van der Waals surface area contributed by atoms with Crippen LogP contribution >= 0.6 is 0 Å². The van der Waals surface area contributed by atoms with Crippen LogP contribution in [0.15, 0.2) is 36.7 Å². The van der Waals surface area contributed by atoms with Crippen molar-refractivity contribution in [1.82, 2.24) is 14.4 Å². The summed E-state index contributed by atoms with van der Waals surface area (Å²) in [5, 5.41) is 12.7. The third-order valence-corrected chi connectivity index (χ3v) is 4.23. The summed E-state index contributed by atoms with van der Waals surface area (Å²) < 4.78 is 12.3. The van der Waals surface area contributed by atoms with Gasteiger partial charge in [-0.3, -0.25) is 4.79 Å². The number of carbonyl (C=O) groups is 1. The first-order chi connectivity index (χ1) is 13.3. The van der Waals surface area contributed by atoms with Gasteiger partial charge in [0.2, 0.25) is 5.88 Å². The molecular weight excluding hydrogens is 360 g/mol. The fourth-order valence-electron chi connectivity index (χ4n) is 2.73. The van der Waals surface area contributed by atoms with Gasteiger partial charge in [0.05, 0.1) is 25.5 Å². The third-order valence-electron chi connectivity index (χ3n) is 4.23. The Labute approximate surface area is 163 Å². The van der Waals surface area contributed by atoms with Gasteiger partial charge in [0.25, 0.3) is 5.91 Å². The van der Waals surface area contributed by atoms with Gasteiger partial charge in [-0.25, -0.2) is 9.97 Å². The fraction of sp³-hybridized carbons (Fsp3) is 0.350. The van der Waals surface area contributed by atoms with E-state index in [1.807, 2.05) is 10.6 Å². The van der Waals surface area contributed by atoms with Crippen molar-refractivity contribution in [3.05, 3.63) is 48.0 Å². The van der Waals surface area contributed by atoms with Gasteiger partial charge >= 0.3 is 0 Å². The monoisotopic (exact) mass is 384 g/mol. The minimum absolute atomic E-state index is 0.234. The first kappa shape index (κ1) is 19.6. The molecular formula is C20H24N4O4. The van der Waals surface area contributed by atoms with Crippen LogP contribution in [-0.2, 0) is 6.42 Å². The van der Waals surface area contributed by atoms with E-state index in [1.54, 1.807) is 44.3 Å². The molecule has 2 N–H and O–H groups in total. The van der Waals surface area contributed by atoms with Gasteiger partial charge in [0.15, 0.2) is 0 Å². The van der Waals surface area contributed by atoms with Crippen molar-refractivity contribution >= 4 is 17.2 Å². The molecule has 28 heavy (non-hydrogen) atoms. The van der Waals surface area contributed by atoms with Crippen LogP contribution in [-0.4, -0.2) is 45.2 Å². The fourth-order valence-corrected chi connectivity index (χ4v) is 2.73. The van der Waals surface area contributed by atoms with Crippen molar-refractivity contribution in [1.29, 1.82) is 0 Å². The number of aliphatic hydroxyl groups is 1. The number of methoxy groups -OCH3 is 2. The van der Waals surface area contributed by atoms with Gasteiger partial charge < -0.3 is 24.3 Å². The topological polar surface area (TPSA) is 98.0 Å². The first-order valence-corrected chi connectivity index (χ1v) is 8.89. The summed E-state index contributed by atoms with van der Waals surface area (Å²) in [4.78, 5) is 21.3. The zero-order valence-electron chi connectivity index (χ0n) is 16.4. The molecule has 0 bridgehead atoms. The van der Waals surface area contributed by atoms with Crippen LogP contribution in [0.3, 0.4) is 0 Å². The molecule has 0 aromatic carbocycles. The number of amides is 1. The average molecular weight is 384 g/mol. The largest absolute Gasteiger partial charge is 0.494 e. The number of hydrogen-bond acceptors (Lipinski definition) is 6. The number of aromatic nitrogens is 3. The molecule has 3 aromatic heterocycles. The van der Waals surface area contributed by atoms with Crippen molar-refractivity contribution in [2.24, 2.45) is 0 Å². The maximum absolute atomic E-state index is 12.6. The van der Waals surface area contributed by atoms with Crippen LogP contribution in [0.1, 0.15) is 36.5 Å². The number of hydrogen-bond donors (Lipinski definition) is 2. The Hall–Kier alpha value is -3.13. The highest BCUT2D eigenvalue weighted by molar-refractivity contribution is 6.03. The maximum Gasteiger partial charge on any atom is 0.274 e. The molecule has 3 heterocycles. The Bertz CT molecular complexity index is 992. The molecule has 0 atom stereocenters. The van der Waals surface area contributed by atoms with E-state index >= 15 is 0 Å². The SMILES string of the molecule is COc1cccc(C(=O)Nc2cn3cc(CCC(C)(C)O)nc3cc2OC)n1. The number of carbonyl (C=O) groups excluding carboxylic acids is 1. The van der Waals surface area contributed by atoms with Crippen molar-refractivity contribution < 1.29 is 19.4 Å². The molecule has 0 radical (unpaired) electrons. The highest BCUT2D eigenvalue weighted by atomic mass is 16.5. The van der Waals surface area contributed by atoms with Gasteiger partial charge in [-0.1, -0.05) is 6.07 Å². The van der Waals surface area contributed by atoms with Crippen LogP contribution in [0.4, 0.5) is 5.69 Å². The van der Waals surface area contributed by atoms with E-state index in [2.05, 4.69) is 15.3 Å². The van der Waals surface area contributed by atoms with Crippen molar-refractivity contribution in [3.8, 4) is 11.6 Å². The van der Waals surface area contributed by atoms with E-state index < -0.39 is 5.60 Å². The van der Waals surface area contributed by atoms with Crippen LogP contribution in [0.5, 0.6) is 11.6 Å². The number of pyridine rings is 2. The number of ether oxygens (including phenoxy) is 2. The molecule has 0 saturated carbocycles. The van der Waals surface area contributed by atoms with Crippen LogP contribution in [0.25, 0.3) is 5.65 Å². The summed E-state index contributed by atoms with van der Waals surface area (Å²) in [7, 11) is 3.03. The second kappa shape index (κ2) is 7.85. The lowest BCUT2D eigenvalue weighted by molar-refractivity contribution is 0.0711. The quantitative estimate of drug-likeness (QED) is 0.650. The number of nitrogens with one attached hydrogen (secondary N) is 1. The van der Waals surface area contributed by atoms with E-state index in [9.17, 15) is 9.90 Å². The number of aryl methyl sites for hydroxylation is 1. The summed E-state index contributed by atoms with van der Waals surface area (Å²) in [5.41, 5.74) is 1.52. The molecule has 0 fully saturated rings. The number of rotatable bonds is 7. The smallest absolute Gasteiger partial charge is 0.274 e. The number of anilines is 1. The Kier molecular flexibility index (Phi) is 5.51. The second-order valence-electron chi connectivity index (χ2n) is 7.08. The lowest BCUT2D eigenvalue weighted by Crippen LogP contribution is -2.19. The van der Waals surface area contributed by atoms with Crippen molar-refractivity contribution in [2.45, 2.75) is 32.3 Å². The summed E-state index contributed by atoms with van der Waals surface area (Å²) in [5.74, 6) is 0.475. The summed E-state index contributed by atoms with van der Waals surface area (Å²) in [6.07, 6.45) is 4.86. The molecule has 8 heteroatoms. The summed E-state index contributed by atoms with van der Waals surface area (Å²) >= 11 is 0. The third kappa shape index (κ3) is 4.58. The molecule has 0 spiro atoms. The molecule has 0 saturated heterocycles. The van der Waals surface area contributed by atoms with E-state index in [0.717, 1.165) is 5.69 Å². The number of nitrogens with zero attached hydrogens (tertiary/aromatic N) is 3. The lowest BCUT2D eigenvalue weighted by Gasteiger charge is -2.15. The van der Waals surface area contributed by atoms with E-state index in [0.29, 0.717) is 35.8 Å². The van der Waals surface area contributed by atoms with E-state index in [-0.39, 0.29) is 11.6 Å². The molecule has 3 rings (SSSR count). The standard InChI is InChI=1S/C20H24N4O4/c1-20(2,26)9-8-13-11-24-12-15(16(27-3)10-17(24)21-13)23-19(25)14-6-5-7-18(22-14)28-4/h5-7,10-12,26H,8-9H2,1-4H3,(H,23,25). The average Bonchev–Trinajstić information content (AvgIpc) is 3.07. The molecule has 0 aliphatic carbocycles. The minimum atomic E-state index is -0.754. The molecule has 0 aliphatic heterocycles. The number of imidazole rings is 1. The maximum atomic E-state index is 12.6. The predicted octanol–water partition coefficient (Wildman–Crippen LogP) is 2.70. The summed E-state index contributed by atoms with van der Waals surface area (Å²) in [6, 6.07) is 6.73. The Morgan fingerprint density at radius 1 is 1.21 bits per heavy atom. The number of fused-ring (bicyclic) bond motifs is 1. The first-order valence-electron chi connectivity index (χ1n) is 8.89. The van der Waals surface area contributed by atoms with Gasteiger partial charge in [-0.05, 0) is 32.8 Å². The predicted molar refractivity (Wildman–Crippen MR) is 105 cm³/mol. The van der Waals surface area contributed by atoms with Crippen molar-refractivity contribution in [3.63, 3.8) is 0 Å². The Balaban J connectivity index is 1.86. The summed E-state index contributed by atoms with van der Waals surface area (Å²) in [6.45, 7) is 3.54. The highest BCUT2D eigenvalue weighted by Gasteiger charge is 2.16. The molecule has 8 nitrogen and oxygen atoms in total. The van der Waals surface area contributed by atoms with Crippen molar-refractivity contribution in [2.75, 3.05) is 19.5 Å². The Morgan fingerprint density at radius 3 is 2.68 bits per heavy atom. The van der Waals surface area contributed by atoms with Crippen LogP contribution in [0.2, 0.25) is 0 Å². The van der Waals surface area contributed by atoms with E-state index in [1.165, 1.54) is 14.2 Å². The molecule has 1 amide bonds. The van der Waals surface area contributed by atoms with E-state index in [4.69, 9.17) is 9.47 Å². The zero-order chi connectivity index (χ0) is 20.3. The van der Waals surface area contributed by atoms with Gasteiger partial charge in [-0.15, -0.1) is 0 Å². The minimum Gasteiger partial charge on any atom is -0.494 e. The lowest BCUT2D eigenvalue weighted by atomic mass is 10.0. The molecule has 0 unspecified atom stereocenters. The highest BCUT2D eigenvalue weighted by Crippen LogP contribution is 2.27. The Morgan fingerprint density at radius 2 is 2.00 bits per heavy atom. The molecule has 3 aromatic rings. The van der Waals surface area contributed by atoms with Gasteiger partial charge in [0.1, 0.15) is 22.8 Å². The molecule has 0 aliphatic rings. The van der Waals surface area contributed by atoms with Crippen LogP contribution in [0, 0.1) is 0 Å². The van der Waals surface area contributed by atoms with Gasteiger partial charge in [0, 0.05) is 24.5 Å².